The highest BCUT2D eigenvalue weighted by Crippen LogP contribution is 2.48. The van der Waals surface area contributed by atoms with E-state index >= 15 is 0 Å². The molecule has 1 aliphatic carbocycles. The van der Waals surface area contributed by atoms with Crippen molar-refractivity contribution < 1.29 is 69.0 Å². The zero-order valence-corrected chi connectivity index (χ0v) is 21.3. The predicted molar refractivity (Wildman–Crippen MR) is 130 cm³/mol. The summed E-state index contributed by atoms with van der Waals surface area (Å²) >= 11 is 0. The van der Waals surface area contributed by atoms with Crippen LogP contribution in [-0.4, -0.2) is 117 Å². The van der Waals surface area contributed by atoms with E-state index in [1.165, 1.54) is 18.2 Å². The third kappa shape index (κ3) is 5.99. The van der Waals surface area contributed by atoms with Gasteiger partial charge in [-0.3, -0.25) is 0 Å². The summed E-state index contributed by atoms with van der Waals surface area (Å²) in [6, 6.07) is 6.02. The number of hydrogen-bond donors (Lipinski definition) is 7. The van der Waals surface area contributed by atoms with Gasteiger partial charge in [-0.15, -0.1) is 0 Å². The topological polar surface area (TPSA) is 222 Å². The zero-order valence-electron chi connectivity index (χ0n) is 21.3. The van der Waals surface area contributed by atoms with E-state index < -0.39 is 92.1 Å². The van der Waals surface area contributed by atoms with E-state index in [0.29, 0.717) is 5.56 Å². The Balaban J connectivity index is 1.54. The molecule has 0 spiro atoms. The number of aliphatic hydroxyl groups is 6. The third-order valence-corrected chi connectivity index (χ3v) is 7.33. The molecule has 4 rings (SSSR count). The van der Waals surface area contributed by atoms with Crippen LogP contribution in [0.25, 0.3) is 6.08 Å². The minimum atomic E-state index is -1.77. The van der Waals surface area contributed by atoms with Crippen molar-refractivity contribution >= 4 is 18.0 Å². The van der Waals surface area contributed by atoms with Gasteiger partial charge in [0.05, 0.1) is 44.4 Å². The van der Waals surface area contributed by atoms with Crippen molar-refractivity contribution in [1.29, 1.82) is 0 Å². The first kappa shape index (κ1) is 29.9. The Kier molecular flexibility index (Phi) is 9.43. The van der Waals surface area contributed by atoms with E-state index in [-0.39, 0.29) is 11.3 Å². The van der Waals surface area contributed by atoms with Crippen LogP contribution in [0.1, 0.15) is 5.56 Å². The van der Waals surface area contributed by atoms with Crippen molar-refractivity contribution in [3.8, 4) is 5.75 Å². The summed E-state index contributed by atoms with van der Waals surface area (Å²) in [5, 5.41) is 71.2. The van der Waals surface area contributed by atoms with Gasteiger partial charge < -0.3 is 59.4 Å². The van der Waals surface area contributed by atoms with E-state index in [1.807, 2.05) is 0 Å². The van der Waals surface area contributed by atoms with Gasteiger partial charge in [-0.1, -0.05) is 12.1 Å². The van der Waals surface area contributed by atoms with Crippen LogP contribution in [-0.2, 0) is 33.3 Å². The predicted octanol–water partition coefficient (Wildman–Crippen LogP) is -2.24. The van der Waals surface area contributed by atoms with Gasteiger partial charge in [-0.2, -0.15) is 0 Å². The van der Waals surface area contributed by atoms with Crippen LogP contribution in [0.2, 0.25) is 0 Å². The first-order valence-corrected chi connectivity index (χ1v) is 12.5. The molecule has 2 heterocycles. The lowest BCUT2D eigenvalue weighted by atomic mass is 9.82. The summed E-state index contributed by atoms with van der Waals surface area (Å²) in [6.07, 6.45) is -8.97. The van der Waals surface area contributed by atoms with Gasteiger partial charge >= 0.3 is 11.9 Å². The molecule has 0 radical (unpaired) electrons. The first-order chi connectivity index (χ1) is 19.1. The molecule has 2 aliphatic heterocycles. The fourth-order valence-electron chi connectivity index (χ4n) is 5.18. The summed E-state index contributed by atoms with van der Waals surface area (Å²) in [4.78, 5) is 24.8. The molecule has 0 bridgehead atoms. The number of hydrogen-bond acceptors (Lipinski definition) is 14. The fraction of sp³-hybridized carbons (Fsp3) is 0.538. The van der Waals surface area contributed by atoms with Crippen LogP contribution in [0.4, 0.5) is 0 Å². The van der Waals surface area contributed by atoms with E-state index in [9.17, 15) is 45.3 Å². The number of aliphatic hydroxyl groups excluding tert-OH is 6. The average molecular weight is 569 g/mol. The van der Waals surface area contributed by atoms with Gasteiger partial charge in [-0.25, -0.2) is 9.59 Å². The molecule has 7 N–H and O–H groups in total. The maximum Gasteiger partial charge on any atom is 0.337 e. The Hall–Kier alpha value is -3.08. The van der Waals surface area contributed by atoms with Gasteiger partial charge in [0, 0.05) is 23.8 Å². The van der Waals surface area contributed by atoms with Crippen LogP contribution < -0.4 is 0 Å². The molecule has 11 unspecified atom stereocenters. The maximum absolute atomic E-state index is 12.4. The molecule has 1 saturated heterocycles. The van der Waals surface area contributed by atoms with E-state index in [4.69, 9.17) is 23.7 Å². The van der Waals surface area contributed by atoms with E-state index in [0.717, 1.165) is 19.4 Å². The Morgan fingerprint density at radius 1 is 0.950 bits per heavy atom. The molecule has 14 nitrogen and oxygen atoms in total. The van der Waals surface area contributed by atoms with E-state index in [2.05, 4.69) is 0 Å². The summed E-state index contributed by atoms with van der Waals surface area (Å²) in [5.74, 6) is -4.78. The van der Waals surface area contributed by atoms with Crippen molar-refractivity contribution in [2.24, 2.45) is 17.8 Å². The molecule has 220 valence electrons. The molecular weight excluding hydrogens is 536 g/mol. The van der Waals surface area contributed by atoms with Gasteiger partial charge in [0.1, 0.15) is 30.2 Å². The molecular formula is C26H32O14. The monoisotopic (exact) mass is 568 g/mol. The molecule has 2 fully saturated rings. The lowest BCUT2D eigenvalue weighted by Crippen LogP contribution is -2.60. The number of phenolic OH excluding ortho intramolecular Hbond substituents is 1. The van der Waals surface area contributed by atoms with Gasteiger partial charge in [0.15, 0.2) is 6.29 Å². The summed E-state index contributed by atoms with van der Waals surface area (Å²) in [5.41, 5.74) is 0.487. The van der Waals surface area contributed by atoms with Gasteiger partial charge in [-0.05, 0) is 23.8 Å². The Morgan fingerprint density at radius 2 is 1.65 bits per heavy atom. The highest BCUT2D eigenvalue weighted by molar-refractivity contribution is 5.89. The molecule has 14 heteroatoms. The molecule has 0 amide bonds. The second kappa shape index (κ2) is 12.6. The minimum Gasteiger partial charge on any atom is -0.508 e. The van der Waals surface area contributed by atoms with Crippen LogP contribution in [0.3, 0.4) is 0 Å². The van der Waals surface area contributed by atoms with Gasteiger partial charge in [0.2, 0.25) is 6.29 Å². The number of carbonyl (C=O) groups excluding carboxylic acids is 2. The second-order valence-corrected chi connectivity index (χ2v) is 9.71. The Labute approximate surface area is 228 Å². The highest BCUT2D eigenvalue weighted by atomic mass is 16.8. The summed E-state index contributed by atoms with van der Waals surface area (Å²) < 4.78 is 26.8. The smallest absolute Gasteiger partial charge is 0.337 e. The fourth-order valence-corrected chi connectivity index (χ4v) is 5.18. The van der Waals surface area contributed by atoms with Crippen molar-refractivity contribution in [3.05, 3.63) is 47.7 Å². The number of methoxy groups -OCH3 is 1. The molecule has 1 aromatic carbocycles. The Bertz CT molecular complexity index is 1100. The average Bonchev–Trinajstić information content (AvgIpc) is 3.21. The number of esters is 2. The van der Waals surface area contributed by atoms with Gasteiger partial charge in [0.25, 0.3) is 0 Å². The zero-order chi connectivity index (χ0) is 29.1. The molecule has 0 aromatic heterocycles. The van der Waals surface area contributed by atoms with Crippen molar-refractivity contribution in [3.63, 3.8) is 0 Å². The number of aromatic hydroxyl groups is 1. The minimum absolute atomic E-state index is 0.0543. The van der Waals surface area contributed by atoms with Crippen LogP contribution in [0, 0.1) is 17.8 Å². The number of carbonyl (C=O) groups is 2. The maximum atomic E-state index is 12.4. The third-order valence-electron chi connectivity index (χ3n) is 7.33. The van der Waals surface area contributed by atoms with Crippen molar-refractivity contribution in [1.82, 2.24) is 0 Å². The molecule has 3 aliphatic rings. The standard InChI is InChI=1S/C26H32O14/c1-36-24(35)14-10-38-25(40-26-23(34)22(33)20(31)15(8-27)39-26)18-13(19(30)21(32)17(14)18)9-37-16(29)7-4-11-2-5-12(28)6-3-11/h2-7,10,13,15,17-23,25-28,30-34H,8-9H2,1H3. The number of phenols is 1. The number of fused-ring (bicyclic) bond motifs is 1. The Morgan fingerprint density at radius 3 is 2.30 bits per heavy atom. The van der Waals surface area contributed by atoms with Crippen molar-refractivity contribution in [2.45, 2.75) is 49.2 Å². The number of ether oxygens (including phenoxy) is 5. The molecule has 40 heavy (non-hydrogen) atoms. The highest BCUT2D eigenvalue weighted by Gasteiger charge is 2.59. The quantitative estimate of drug-likeness (QED) is 0.130. The second-order valence-electron chi connectivity index (χ2n) is 9.71. The molecule has 1 saturated carbocycles. The first-order valence-electron chi connectivity index (χ1n) is 12.5. The number of rotatable bonds is 8. The largest absolute Gasteiger partial charge is 0.508 e. The van der Waals surface area contributed by atoms with Crippen LogP contribution in [0.15, 0.2) is 42.2 Å². The normalized spacial score (nSPS) is 37.4. The lowest BCUT2D eigenvalue weighted by molar-refractivity contribution is -0.343. The van der Waals surface area contributed by atoms with Crippen LogP contribution in [0.5, 0.6) is 5.75 Å². The lowest BCUT2D eigenvalue weighted by Gasteiger charge is -2.43. The van der Waals surface area contributed by atoms with Crippen LogP contribution >= 0.6 is 0 Å². The molecule has 1 aromatic rings. The SMILES string of the molecule is COC(=O)C1=COC(OC2OC(CO)C(O)C(O)C2O)C2C(COC(=O)C=Cc3ccc(O)cc3)C(O)C(O)C12. The number of benzene rings is 1. The van der Waals surface area contributed by atoms with Crippen molar-refractivity contribution in [2.75, 3.05) is 20.3 Å². The molecule has 11 atom stereocenters. The van der Waals surface area contributed by atoms with E-state index in [1.54, 1.807) is 12.1 Å². The summed E-state index contributed by atoms with van der Waals surface area (Å²) in [7, 11) is 1.12. The summed E-state index contributed by atoms with van der Waals surface area (Å²) in [6.45, 7) is -1.15.